The Hall–Kier alpha value is -3.80. The molecular formula is C38H36BrClN4O5S. The number of carbonyl (C=O) groups is 4. The van der Waals surface area contributed by atoms with Gasteiger partial charge in [-0.25, -0.2) is 4.90 Å². The molecule has 6 atom stereocenters. The number of benzene rings is 2. The number of allylic oxidation sites excluding steroid dienone is 2. The van der Waals surface area contributed by atoms with Gasteiger partial charge in [0.1, 0.15) is 17.3 Å². The minimum absolute atomic E-state index is 0.00569. The quantitative estimate of drug-likeness (QED) is 0.168. The third kappa shape index (κ3) is 4.51. The molecule has 0 bridgehead atoms. The normalized spacial score (nSPS) is 28.0. The van der Waals surface area contributed by atoms with Crippen molar-refractivity contribution in [2.24, 2.45) is 36.1 Å². The molecule has 4 aliphatic rings. The fourth-order valence-electron chi connectivity index (χ4n) is 9.21. The number of aromatic nitrogens is 2. The van der Waals surface area contributed by atoms with E-state index in [1.54, 1.807) is 47.3 Å². The second kappa shape index (κ2) is 11.1. The minimum atomic E-state index is -1.30. The Kier molecular flexibility index (Phi) is 7.40. The molecule has 9 nitrogen and oxygen atoms in total. The smallest absolute Gasteiger partial charge is 0.242 e. The van der Waals surface area contributed by atoms with Gasteiger partial charge in [0, 0.05) is 44.3 Å². The van der Waals surface area contributed by atoms with Crippen LogP contribution < -0.4 is 4.90 Å². The maximum atomic E-state index is 15.0. The lowest BCUT2D eigenvalue weighted by molar-refractivity contribution is -0.145. The van der Waals surface area contributed by atoms with E-state index in [4.69, 9.17) is 16.7 Å². The SMILES string of the molecule is Cc1c(-c2cc(N3C(=O)C4CC5C(=CCC6C(=O)N(C(C)(C)C)C(=O)C65)C(c5cc(Br)ccc5O)C4(C)C3=O)n(C)n2)sc2ccc(Cl)cc12. The summed E-state index contributed by atoms with van der Waals surface area (Å²) in [7, 11) is 1.72. The first-order valence-corrected chi connectivity index (χ1v) is 18.7. The van der Waals surface area contributed by atoms with Crippen LogP contribution in [0.2, 0.25) is 5.02 Å². The lowest BCUT2D eigenvalue weighted by atomic mass is 9.51. The average Bonchev–Trinajstić information content (AvgIpc) is 3.72. The van der Waals surface area contributed by atoms with Crippen LogP contribution in [0.25, 0.3) is 20.7 Å². The van der Waals surface area contributed by atoms with Gasteiger partial charge in [-0.15, -0.1) is 11.3 Å². The topological polar surface area (TPSA) is 113 Å². The van der Waals surface area contributed by atoms with Crippen molar-refractivity contribution in [1.82, 2.24) is 14.7 Å². The van der Waals surface area contributed by atoms with E-state index in [1.807, 2.05) is 58.9 Å². The number of aryl methyl sites for hydroxylation is 2. The molecule has 258 valence electrons. The van der Waals surface area contributed by atoms with Crippen LogP contribution in [-0.4, -0.2) is 49.0 Å². The molecular weight excluding hydrogens is 740 g/mol. The number of imide groups is 2. The Morgan fingerprint density at radius 3 is 2.48 bits per heavy atom. The van der Waals surface area contributed by atoms with Crippen molar-refractivity contribution in [2.75, 3.05) is 4.90 Å². The number of halogens is 2. The third-order valence-electron chi connectivity index (χ3n) is 11.5. The summed E-state index contributed by atoms with van der Waals surface area (Å²) < 4.78 is 3.33. The van der Waals surface area contributed by atoms with Gasteiger partial charge in [-0.3, -0.25) is 28.8 Å². The van der Waals surface area contributed by atoms with Crippen LogP contribution in [0.3, 0.4) is 0 Å². The number of phenols is 1. The van der Waals surface area contributed by atoms with Crippen LogP contribution in [0.4, 0.5) is 5.82 Å². The summed E-state index contributed by atoms with van der Waals surface area (Å²) in [5, 5.41) is 17.8. The van der Waals surface area contributed by atoms with E-state index in [2.05, 4.69) is 15.9 Å². The van der Waals surface area contributed by atoms with Crippen molar-refractivity contribution in [1.29, 1.82) is 0 Å². The highest BCUT2D eigenvalue weighted by atomic mass is 79.9. The molecule has 2 aromatic heterocycles. The number of likely N-dealkylation sites (tertiary alicyclic amines) is 1. The van der Waals surface area contributed by atoms with Crippen LogP contribution >= 0.6 is 38.9 Å². The number of phenolic OH excluding ortho intramolecular Hbond substituents is 1. The number of hydrogen-bond donors (Lipinski definition) is 1. The second-order valence-corrected chi connectivity index (χ2v) is 17.7. The van der Waals surface area contributed by atoms with E-state index in [9.17, 15) is 24.3 Å². The van der Waals surface area contributed by atoms with Crippen LogP contribution in [0.5, 0.6) is 5.75 Å². The largest absolute Gasteiger partial charge is 0.508 e. The summed E-state index contributed by atoms with van der Waals surface area (Å²) in [5.74, 6) is -4.08. The van der Waals surface area contributed by atoms with E-state index >= 15 is 0 Å². The maximum absolute atomic E-state index is 15.0. The van der Waals surface area contributed by atoms with Gasteiger partial charge in [0.15, 0.2) is 0 Å². The molecule has 2 aliphatic carbocycles. The summed E-state index contributed by atoms with van der Waals surface area (Å²) in [5.41, 5.74) is 0.961. The van der Waals surface area contributed by atoms with Gasteiger partial charge >= 0.3 is 0 Å². The van der Waals surface area contributed by atoms with Crippen molar-refractivity contribution in [3.05, 3.63) is 74.7 Å². The zero-order valence-electron chi connectivity index (χ0n) is 28.5. The van der Waals surface area contributed by atoms with Gasteiger partial charge in [0.05, 0.1) is 28.0 Å². The third-order valence-corrected chi connectivity index (χ3v) is 13.5. The van der Waals surface area contributed by atoms with E-state index in [0.717, 1.165) is 26.1 Å². The molecule has 1 saturated carbocycles. The van der Waals surface area contributed by atoms with Crippen LogP contribution in [-0.2, 0) is 26.2 Å². The number of hydrogen-bond acceptors (Lipinski definition) is 7. The van der Waals surface area contributed by atoms with Crippen LogP contribution in [0.1, 0.15) is 57.6 Å². The Morgan fingerprint density at radius 1 is 1.02 bits per heavy atom. The maximum Gasteiger partial charge on any atom is 0.242 e. The molecule has 0 radical (unpaired) electrons. The number of fused-ring (bicyclic) bond motifs is 5. The lowest BCUT2D eigenvalue weighted by Crippen LogP contribution is -2.49. The van der Waals surface area contributed by atoms with E-state index in [0.29, 0.717) is 33.0 Å². The Balaban J connectivity index is 1.26. The summed E-state index contributed by atoms with van der Waals surface area (Å²) in [4.78, 5) is 61.2. The van der Waals surface area contributed by atoms with Crippen molar-refractivity contribution >= 4 is 78.4 Å². The van der Waals surface area contributed by atoms with Gasteiger partial charge in [-0.2, -0.15) is 5.10 Å². The Bertz CT molecular complexity index is 2230. The molecule has 0 spiro atoms. The second-order valence-electron chi connectivity index (χ2n) is 15.3. The zero-order valence-corrected chi connectivity index (χ0v) is 31.6. The molecule has 4 amide bonds. The predicted octanol–water partition coefficient (Wildman–Crippen LogP) is 7.76. The van der Waals surface area contributed by atoms with Crippen molar-refractivity contribution in [3.63, 3.8) is 0 Å². The molecule has 2 aliphatic heterocycles. The van der Waals surface area contributed by atoms with Gasteiger partial charge in [-0.05, 0) is 101 Å². The molecule has 50 heavy (non-hydrogen) atoms. The zero-order chi connectivity index (χ0) is 35.8. The molecule has 4 aromatic rings. The fraction of sp³-hybridized carbons (Fsp3) is 0.395. The first-order chi connectivity index (χ1) is 23.5. The molecule has 4 heterocycles. The van der Waals surface area contributed by atoms with Crippen molar-refractivity contribution in [3.8, 4) is 16.3 Å². The summed E-state index contributed by atoms with van der Waals surface area (Å²) >= 11 is 11.4. The predicted molar refractivity (Wildman–Crippen MR) is 196 cm³/mol. The highest BCUT2D eigenvalue weighted by Gasteiger charge is 2.68. The number of thiophene rings is 1. The minimum Gasteiger partial charge on any atom is -0.508 e. The standard InChI is InChI=1S/C38H36BrClN4O5S/c1-17-22-14-19(40)8-12-28(22)50-32(17)26-16-29(42(6)41-26)43-34(47)25-15-23-20(9-10-21-30(23)35(48)44(33(21)46)37(2,3)4)31(38(25,5)36(43)49)24-13-18(39)7-11-27(24)45/h7-9,11-14,16,21,23,25,30-31,45H,10,15H2,1-6H3. The Morgan fingerprint density at radius 2 is 1.76 bits per heavy atom. The summed E-state index contributed by atoms with van der Waals surface area (Å²) in [6, 6.07) is 12.6. The molecule has 3 fully saturated rings. The van der Waals surface area contributed by atoms with Crippen LogP contribution in [0.15, 0.2) is 58.6 Å². The number of carbonyl (C=O) groups excluding carboxylic acids is 4. The molecule has 12 heteroatoms. The lowest BCUT2D eigenvalue weighted by Gasteiger charge is -2.49. The summed E-state index contributed by atoms with van der Waals surface area (Å²) in [6.45, 7) is 9.37. The van der Waals surface area contributed by atoms with E-state index in [-0.39, 0.29) is 29.9 Å². The molecule has 2 aromatic carbocycles. The van der Waals surface area contributed by atoms with E-state index in [1.165, 1.54) is 9.80 Å². The first-order valence-electron chi connectivity index (χ1n) is 16.7. The highest BCUT2D eigenvalue weighted by Crippen LogP contribution is 2.64. The first kappa shape index (κ1) is 33.3. The van der Waals surface area contributed by atoms with E-state index < -0.39 is 46.5 Å². The van der Waals surface area contributed by atoms with Crippen molar-refractivity contribution in [2.45, 2.75) is 58.9 Å². The van der Waals surface area contributed by atoms with Crippen LogP contribution in [0, 0.1) is 36.0 Å². The molecule has 6 unspecified atom stereocenters. The Labute approximate surface area is 307 Å². The monoisotopic (exact) mass is 774 g/mol. The summed E-state index contributed by atoms with van der Waals surface area (Å²) in [6.07, 6.45) is 2.57. The number of amides is 4. The van der Waals surface area contributed by atoms with Gasteiger partial charge in [0.25, 0.3) is 0 Å². The molecule has 2 saturated heterocycles. The molecule has 8 rings (SSSR count). The fourth-order valence-corrected chi connectivity index (χ4v) is 10.9. The molecule has 1 N–H and O–H groups in total. The van der Waals surface area contributed by atoms with Gasteiger partial charge < -0.3 is 5.11 Å². The van der Waals surface area contributed by atoms with Crippen molar-refractivity contribution < 1.29 is 24.3 Å². The number of aromatic hydroxyl groups is 1. The highest BCUT2D eigenvalue weighted by molar-refractivity contribution is 9.10. The van der Waals surface area contributed by atoms with Gasteiger partial charge in [-0.1, -0.05) is 39.2 Å². The number of anilines is 1. The average molecular weight is 776 g/mol. The van der Waals surface area contributed by atoms with Gasteiger partial charge in [0.2, 0.25) is 23.6 Å². The number of nitrogens with zero attached hydrogens (tertiary/aromatic N) is 4. The number of rotatable bonds is 3.